The van der Waals surface area contributed by atoms with E-state index in [1.54, 1.807) is 11.3 Å². The molecule has 0 atom stereocenters. The van der Waals surface area contributed by atoms with Crippen LogP contribution in [0.3, 0.4) is 0 Å². The highest BCUT2D eigenvalue weighted by atomic mass is 32.2. The fraction of sp³-hybridized carbons (Fsp3) is 0.304. The molecule has 1 fully saturated rings. The monoisotopic (exact) mass is 473 g/mol. The number of carbonyl (C=O) groups excluding carboxylic acids is 1. The topological polar surface area (TPSA) is 79.4 Å². The van der Waals surface area contributed by atoms with E-state index in [1.165, 1.54) is 16.4 Å². The van der Waals surface area contributed by atoms with Crippen molar-refractivity contribution in [3.8, 4) is 10.6 Å². The molecule has 0 aliphatic carbocycles. The van der Waals surface area contributed by atoms with Crippen molar-refractivity contribution in [2.24, 2.45) is 5.92 Å². The lowest BCUT2D eigenvalue weighted by Gasteiger charge is -2.30. The standard InChI is InChI=1S/C23H24FN3O3S2/c24-19-6-8-21(9-7-19)32(29,30)27-14-11-17(12-15-27)22(28)25-13-10-20-16-31-23(26-20)18-4-2-1-3-5-18/h1-9,16-17H,10-15H2,(H,25,28). The first-order valence-electron chi connectivity index (χ1n) is 10.5. The van der Waals surface area contributed by atoms with E-state index in [0.717, 1.165) is 28.4 Å². The summed E-state index contributed by atoms with van der Waals surface area (Å²) in [6.07, 6.45) is 1.56. The predicted octanol–water partition coefficient (Wildman–Crippen LogP) is 3.71. The van der Waals surface area contributed by atoms with Gasteiger partial charge in [-0.3, -0.25) is 4.79 Å². The van der Waals surface area contributed by atoms with E-state index < -0.39 is 15.8 Å². The largest absolute Gasteiger partial charge is 0.355 e. The molecule has 32 heavy (non-hydrogen) atoms. The van der Waals surface area contributed by atoms with Crippen LogP contribution in [0, 0.1) is 11.7 Å². The Bertz CT molecular complexity index is 1160. The highest BCUT2D eigenvalue weighted by Gasteiger charge is 2.32. The fourth-order valence-electron chi connectivity index (χ4n) is 3.71. The van der Waals surface area contributed by atoms with Gasteiger partial charge in [-0.2, -0.15) is 4.31 Å². The number of carbonyl (C=O) groups is 1. The maximum absolute atomic E-state index is 13.1. The zero-order valence-electron chi connectivity index (χ0n) is 17.4. The molecule has 0 radical (unpaired) electrons. The smallest absolute Gasteiger partial charge is 0.243 e. The van der Waals surface area contributed by atoms with Gasteiger partial charge >= 0.3 is 0 Å². The lowest BCUT2D eigenvalue weighted by molar-refractivity contribution is -0.126. The van der Waals surface area contributed by atoms with Gasteiger partial charge in [0.1, 0.15) is 10.8 Å². The van der Waals surface area contributed by atoms with Crippen LogP contribution >= 0.6 is 11.3 Å². The minimum absolute atomic E-state index is 0.0534. The van der Waals surface area contributed by atoms with E-state index >= 15 is 0 Å². The maximum atomic E-state index is 13.1. The molecule has 2 aromatic carbocycles. The molecule has 168 valence electrons. The normalized spacial score (nSPS) is 15.5. The number of nitrogens with one attached hydrogen (secondary N) is 1. The summed E-state index contributed by atoms with van der Waals surface area (Å²) in [5.41, 5.74) is 2.02. The molecule has 1 aliphatic rings. The summed E-state index contributed by atoms with van der Waals surface area (Å²) in [7, 11) is -3.67. The average Bonchev–Trinajstić information content (AvgIpc) is 3.29. The molecule has 0 saturated carbocycles. The van der Waals surface area contributed by atoms with E-state index in [4.69, 9.17) is 0 Å². The summed E-state index contributed by atoms with van der Waals surface area (Å²) in [5, 5.41) is 5.92. The van der Waals surface area contributed by atoms with Crippen LogP contribution in [0.4, 0.5) is 4.39 Å². The molecule has 1 N–H and O–H groups in total. The van der Waals surface area contributed by atoms with Crippen LogP contribution in [0.25, 0.3) is 10.6 Å². The number of thiazole rings is 1. The van der Waals surface area contributed by atoms with Crippen LogP contribution in [0.1, 0.15) is 18.5 Å². The molecular formula is C23H24FN3O3S2. The van der Waals surface area contributed by atoms with Gasteiger partial charge < -0.3 is 5.32 Å². The number of piperidine rings is 1. The summed E-state index contributed by atoms with van der Waals surface area (Å²) in [6.45, 7) is 1.03. The molecule has 1 aliphatic heterocycles. The number of benzene rings is 2. The highest BCUT2D eigenvalue weighted by molar-refractivity contribution is 7.89. The molecule has 6 nitrogen and oxygen atoms in total. The van der Waals surface area contributed by atoms with Crippen molar-refractivity contribution in [3.63, 3.8) is 0 Å². The van der Waals surface area contributed by atoms with Gasteiger partial charge in [-0.25, -0.2) is 17.8 Å². The van der Waals surface area contributed by atoms with Gasteiger partial charge in [0.15, 0.2) is 0 Å². The summed E-state index contributed by atoms with van der Waals surface area (Å²) in [5.74, 6) is -0.749. The zero-order chi connectivity index (χ0) is 22.6. The van der Waals surface area contributed by atoms with Crippen LogP contribution in [0.2, 0.25) is 0 Å². The third kappa shape index (κ3) is 5.23. The number of halogens is 1. The van der Waals surface area contributed by atoms with Crippen LogP contribution in [-0.4, -0.2) is 43.2 Å². The van der Waals surface area contributed by atoms with E-state index in [2.05, 4.69) is 10.3 Å². The Morgan fingerprint density at radius 1 is 1.09 bits per heavy atom. The molecule has 2 heterocycles. The Hall–Kier alpha value is -2.62. The number of nitrogens with zero attached hydrogens (tertiary/aromatic N) is 2. The molecule has 3 aromatic rings. The van der Waals surface area contributed by atoms with Crippen LogP contribution in [0.15, 0.2) is 64.9 Å². The maximum Gasteiger partial charge on any atom is 0.243 e. The lowest BCUT2D eigenvalue weighted by Crippen LogP contribution is -2.43. The van der Waals surface area contributed by atoms with Gasteiger partial charge in [-0.1, -0.05) is 30.3 Å². The van der Waals surface area contributed by atoms with Gasteiger partial charge in [0.25, 0.3) is 0 Å². The number of hydrogen-bond acceptors (Lipinski definition) is 5. The Balaban J connectivity index is 1.24. The molecule has 9 heteroatoms. The summed E-state index contributed by atoms with van der Waals surface area (Å²) in [6, 6.07) is 14.8. The minimum Gasteiger partial charge on any atom is -0.355 e. The molecule has 4 rings (SSSR count). The minimum atomic E-state index is -3.67. The SMILES string of the molecule is O=C(NCCc1csc(-c2ccccc2)n1)C1CCN(S(=O)(=O)c2ccc(F)cc2)CC1. The number of aromatic nitrogens is 1. The summed E-state index contributed by atoms with van der Waals surface area (Å²) < 4.78 is 39.9. The van der Waals surface area contributed by atoms with Gasteiger partial charge in [0.2, 0.25) is 15.9 Å². The predicted molar refractivity (Wildman–Crippen MR) is 122 cm³/mol. The van der Waals surface area contributed by atoms with Crippen molar-refractivity contribution in [2.45, 2.75) is 24.2 Å². The lowest BCUT2D eigenvalue weighted by atomic mass is 9.97. The third-order valence-corrected chi connectivity index (χ3v) is 8.38. The quantitative estimate of drug-likeness (QED) is 0.567. The Kier molecular flexibility index (Phi) is 6.98. The Morgan fingerprint density at radius 2 is 1.78 bits per heavy atom. The van der Waals surface area contributed by atoms with E-state index in [9.17, 15) is 17.6 Å². The second-order valence-electron chi connectivity index (χ2n) is 7.68. The second kappa shape index (κ2) is 9.89. The van der Waals surface area contributed by atoms with Crippen LogP contribution < -0.4 is 5.32 Å². The van der Waals surface area contributed by atoms with Crippen LogP contribution in [-0.2, 0) is 21.2 Å². The van der Waals surface area contributed by atoms with E-state index in [0.29, 0.717) is 25.8 Å². The van der Waals surface area contributed by atoms with Crippen molar-refractivity contribution in [2.75, 3.05) is 19.6 Å². The number of rotatable bonds is 7. The van der Waals surface area contributed by atoms with E-state index in [1.807, 2.05) is 35.7 Å². The van der Waals surface area contributed by atoms with Gasteiger partial charge in [-0.15, -0.1) is 11.3 Å². The zero-order valence-corrected chi connectivity index (χ0v) is 19.0. The second-order valence-corrected chi connectivity index (χ2v) is 10.5. The Labute approximate surface area is 191 Å². The first-order chi connectivity index (χ1) is 15.4. The first kappa shape index (κ1) is 22.6. The highest BCUT2D eigenvalue weighted by Crippen LogP contribution is 2.25. The molecule has 0 spiro atoms. The van der Waals surface area contributed by atoms with Crippen molar-refractivity contribution >= 4 is 27.3 Å². The molecule has 1 amide bonds. The molecule has 1 aromatic heterocycles. The van der Waals surface area contributed by atoms with Gasteiger partial charge in [0, 0.05) is 42.9 Å². The Morgan fingerprint density at radius 3 is 2.47 bits per heavy atom. The molecule has 0 unspecified atom stereocenters. The molecular weight excluding hydrogens is 449 g/mol. The summed E-state index contributed by atoms with van der Waals surface area (Å²) >= 11 is 1.58. The van der Waals surface area contributed by atoms with E-state index in [-0.39, 0.29) is 29.8 Å². The van der Waals surface area contributed by atoms with Crippen molar-refractivity contribution < 1.29 is 17.6 Å². The van der Waals surface area contributed by atoms with Crippen LogP contribution in [0.5, 0.6) is 0 Å². The first-order valence-corrected chi connectivity index (χ1v) is 12.8. The molecule has 1 saturated heterocycles. The number of sulfonamides is 1. The number of amides is 1. The number of hydrogen-bond donors (Lipinski definition) is 1. The fourth-order valence-corrected chi connectivity index (χ4v) is 6.04. The average molecular weight is 474 g/mol. The van der Waals surface area contributed by atoms with Crippen molar-refractivity contribution in [1.82, 2.24) is 14.6 Å². The molecule has 0 bridgehead atoms. The van der Waals surface area contributed by atoms with Crippen molar-refractivity contribution in [1.29, 1.82) is 0 Å². The van der Waals surface area contributed by atoms with Crippen molar-refractivity contribution in [3.05, 3.63) is 71.5 Å². The van der Waals surface area contributed by atoms with Gasteiger partial charge in [0.05, 0.1) is 10.6 Å². The summed E-state index contributed by atoms with van der Waals surface area (Å²) in [4.78, 5) is 17.2. The third-order valence-electron chi connectivity index (χ3n) is 5.53. The van der Waals surface area contributed by atoms with Gasteiger partial charge in [-0.05, 0) is 37.1 Å².